The Morgan fingerprint density at radius 1 is 1.35 bits per heavy atom. The van der Waals surface area contributed by atoms with Crippen molar-refractivity contribution in [3.63, 3.8) is 0 Å². The van der Waals surface area contributed by atoms with Gasteiger partial charge in [0.1, 0.15) is 0 Å². The molecule has 122 valence electrons. The molecule has 1 aromatic carbocycles. The molecule has 0 unspecified atom stereocenters. The summed E-state index contributed by atoms with van der Waals surface area (Å²) in [5.41, 5.74) is 1.09. The molecule has 0 bridgehead atoms. The van der Waals surface area contributed by atoms with Crippen LogP contribution < -0.4 is 5.32 Å². The van der Waals surface area contributed by atoms with Crippen LogP contribution in [0.3, 0.4) is 0 Å². The van der Waals surface area contributed by atoms with Crippen molar-refractivity contribution in [1.29, 1.82) is 0 Å². The van der Waals surface area contributed by atoms with E-state index in [9.17, 15) is 4.79 Å². The lowest BCUT2D eigenvalue weighted by molar-refractivity contribution is -0.121. The first-order valence-electron chi connectivity index (χ1n) is 7.91. The molecule has 6 nitrogen and oxygen atoms in total. The van der Waals surface area contributed by atoms with Gasteiger partial charge in [0.15, 0.2) is 0 Å². The summed E-state index contributed by atoms with van der Waals surface area (Å²) in [4.78, 5) is 12.6. The fourth-order valence-corrected chi connectivity index (χ4v) is 3.37. The number of carbonyl (C=O) groups excluding carboxylic acids is 1. The Hall–Kier alpha value is -1.89. The first kappa shape index (κ1) is 16.0. The van der Waals surface area contributed by atoms with Crippen LogP contribution in [0.1, 0.15) is 38.3 Å². The molecule has 3 rings (SSSR count). The zero-order chi connectivity index (χ0) is 16.2. The first-order chi connectivity index (χ1) is 11.1. The second-order valence-electron chi connectivity index (χ2n) is 6.12. The molecular formula is C16H21N5OS. The lowest BCUT2D eigenvalue weighted by atomic mass is 10.1. The maximum absolute atomic E-state index is 12.6. The number of nitrogens with one attached hydrogen (secondary N) is 1. The largest absolute Gasteiger partial charge is 0.351 e. The summed E-state index contributed by atoms with van der Waals surface area (Å²) in [6, 6.07) is 10.3. The quantitative estimate of drug-likeness (QED) is 0.789. The predicted octanol–water partition coefficient (Wildman–Crippen LogP) is 2.44. The highest BCUT2D eigenvalue weighted by Gasteiger charge is 2.31. The third kappa shape index (κ3) is 4.10. The van der Waals surface area contributed by atoms with Crippen molar-refractivity contribution in [1.82, 2.24) is 25.5 Å². The van der Waals surface area contributed by atoms with E-state index < -0.39 is 0 Å². The van der Waals surface area contributed by atoms with E-state index >= 15 is 0 Å². The monoisotopic (exact) mass is 331 g/mol. The van der Waals surface area contributed by atoms with E-state index in [4.69, 9.17) is 0 Å². The third-order valence-electron chi connectivity index (χ3n) is 3.76. The minimum absolute atomic E-state index is 0.0270. The number of thioether (sulfide) groups is 1. The Bertz CT molecular complexity index is 654. The number of hydrogen-bond donors (Lipinski definition) is 1. The van der Waals surface area contributed by atoms with Gasteiger partial charge in [0.05, 0.1) is 11.3 Å². The zero-order valence-corrected chi connectivity index (χ0v) is 14.2. The van der Waals surface area contributed by atoms with Crippen LogP contribution in [-0.4, -0.2) is 31.4 Å². The lowest BCUT2D eigenvalue weighted by Gasteiger charge is -2.19. The van der Waals surface area contributed by atoms with Crippen molar-refractivity contribution >= 4 is 17.7 Å². The third-order valence-corrected chi connectivity index (χ3v) is 5.25. The highest BCUT2D eigenvalue weighted by Crippen LogP contribution is 2.37. The molecule has 0 saturated heterocycles. The fraction of sp³-hybridized carbons (Fsp3) is 0.500. The van der Waals surface area contributed by atoms with Crippen LogP contribution >= 0.6 is 11.8 Å². The number of carbonyl (C=O) groups is 1. The van der Waals surface area contributed by atoms with Crippen LogP contribution in [0.5, 0.6) is 0 Å². The standard InChI is InChI=1S/C16H21N5OS/c1-11(2)14(15(22)17-10-12-6-4-3-5-7-12)23-16-18-19-20-21(16)13-8-9-13/h3-7,11,13-14H,8-10H2,1-2H3,(H,17,22)/t14-/m1/s1. The van der Waals surface area contributed by atoms with Gasteiger partial charge in [-0.15, -0.1) is 5.10 Å². The van der Waals surface area contributed by atoms with Crippen molar-refractivity contribution in [3.05, 3.63) is 35.9 Å². The highest BCUT2D eigenvalue weighted by atomic mass is 32.2. The van der Waals surface area contributed by atoms with E-state index in [0.717, 1.165) is 23.6 Å². The number of hydrogen-bond acceptors (Lipinski definition) is 5. The summed E-state index contributed by atoms with van der Waals surface area (Å²) >= 11 is 1.46. The van der Waals surface area contributed by atoms with Crippen LogP contribution in [0.4, 0.5) is 0 Å². The van der Waals surface area contributed by atoms with Crippen LogP contribution in [0.25, 0.3) is 0 Å². The Balaban J connectivity index is 1.63. The van der Waals surface area contributed by atoms with Gasteiger partial charge in [-0.25, -0.2) is 4.68 Å². The first-order valence-corrected chi connectivity index (χ1v) is 8.79. The lowest BCUT2D eigenvalue weighted by Crippen LogP contribution is -2.35. The van der Waals surface area contributed by atoms with E-state index in [1.54, 1.807) is 0 Å². The Morgan fingerprint density at radius 3 is 2.74 bits per heavy atom. The van der Waals surface area contributed by atoms with Crippen molar-refractivity contribution in [2.24, 2.45) is 5.92 Å². The smallest absolute Gasteiger partial charge is 0.234 e. The topological polar surface area (TPSA) is 72.7 Å². The Morgan fingerprint density at radius 2 is 2.09 bits per heavy atom. The second kappa shape index (κ2) is 7.12. The van der Waals surface area contributed by atoms with E-state index in [1.165, 1.54) is 11.8 Å². The Kier molecular flexibility index (Phi) is 4.95. The maximum atomic E-state index is 12.6. The van der Waals surface area contributed by atoms with Gasteiger partial charge >= 0.3 is 0 Å². The van der Waals surface area contributed by atoms with E-state index in [0.29, 0.717) is 12.6 Å². The van der Waals surface area contributed by atoms with Crippen LogP contribution in [0.2, 0.25) is 0 Å². The molecule has 1 amide bonds. The molecule has 7 heteroatoms. The molecule has 1 aromatic heterocycles. The van der Waals surface area contributed by atoms with Crippen LogP contribution in [0.15, 0.2) is 35.5 Å². The zero-order valence-electron chi connectivity index (χ0n) is 13.3. The molecule has 1 fully saturated rings. The fourth-order valence-electron chi connectivity index (χ4n) is 2.30. The molecule has 1 atom stereocenters. The molecule has 1 saturated carbocycles. The molecule has 1 heterocycles. The van der Waals surface area contributed by atoms with E-state index in [-0.39, 0.29) is 17.1 Å². The predicted molar refractivity (Wildman–Crippen MR) is 88.9 cm³/mol. The SMILES string of the molecule is CC(C)[C@@H](Sc1nnnn1C1CC1)C(=O)NCc1ccccc1. The number of amides is 1. The molecule has 1 aliphatic carbocycles. The summed E-state index contributed by atoms with van der Waals surface area (Å²) in [5, 5.41) is 15.4. The van der Waals surface area contributed by atoms with Gasteiger partial charge in [-0.3, -0.25) is 4.79 Å². The molecular weight excluding hydrogens is 310 g/mol. The van der Waals surface area contributed by atoms with Crippen molar-refractivity contribution in [2.45, 2.75) is 49.7 Å². The summed E-state index contributed by atoms with van der Waals surface area (Å²) in [5.74, 6) is 0.222. The number of aromatic nitrogens is 4. The highest BCUT2D eigenvalue weighted by molar-refractivity contribution is 8.00. The van der Waals surface area contributed by atoms with Gasteiger partial charge in [-0.05, 0) is 34.7 Å². The summed E-state index contributed by atoms with van der Waals surface area (Å²) in [6.07, 6.45) is 2.23. The van der Waals surface area contributed by atoms with Crippen LogP contribution in [-0.2, 0) is 11.3 Å². The van der Waals surface area contributed by atoms with Gasteiger partial charge in [0.25, 0.3) is 0 Å². The number of nitrogens with zero attached hydrogens (tertiary/aromatic N) is 4. The minimum atomic E-state index is -0.206. The van der Waals surface area contributed by atoms with Gasteiger partial charge in [0.2, 0.25) is 11.1 Å². The normalized spacial score (nSPS) is 15.6. The second-order valence-corrected chi connectivity index (χ2v) is 7.23. The van der Waals surface area contributed by atoms with Gasteiger partial charge < -0.3 is 5.32 Å². The average molecular weight is 331 g/mol. The number of benzene rings is 1. The van der Waals surface area contributed by atoms with E-state index in [2.05, 4.69) is 20.8 Å². The number of rotatable bonds is 7. The minimum Gasteiger partial charge on any atom is -0.351 e. The summed E-state index contributed by atoms with van der Waals surface area (Å²) in [7, 11) is 0. The molecule has 23 heavy (non-hydrogen) atoms. The summed E-state index contributed by atoms with van der Waals surface area (Å²) in [6.45, 7) is 4.63. The van der Waals surface area contributed by atoms with Gasteiger partial charge in [0, 0.05) is 6.54 Å². The maximum Gasteiger partial charge on any atom is 0.234 e. The molecule has 1 N–H and O–H groups in total. The molecule has 0 spiro atoms. The Labute approximate surface area is 140 Å². The molecule has 1 aliphatic rings. The van der Waals surface area contributed by atoms with E-state index in [1.807, 2.05) is 48.9 Å². The molecule has 0 aliphatic heterocycles. The van der Waals surface area contributed by atoms with Gasteiger partial charge in [-0.1, -0.05) is 55.9 Å². The average Bonchev–Trinajstić information content (AvgIpc) is 3.29. The summed E-state index contributed by atoms with van der Waals surface area (Å²) < 4.78 is 1.85. The van der Waals surface area contributed by atoms with Gasteiger partial charge in [-0.2, -0.15) is 0 Å². The molecule has 0 radical (unpaired) electrons. The number of tetrazole rings is 1. The van der Waals surface area contributed by atoms with Crippen molar-refractivity contribution < 1.29 is 4.79 Å². The van der Waals surface area contributed by atoms with Crippen molar-refractivity contribution in [2.75, 3.05) is 0 Å². The molecule has 2 aromatic rings. The van der Waals surface area contributed by atoms with Crippen molar-refractivity contribution in [3.8, 4) is 0 Å². The van der Waals surface area contributed by atoms with Crippen LogP contribution in [0, 0.1) is 5.92 Å².